The number of rotatable bonds is 3. The Bertz CT molecular complexity index is 1320. The van der Waals surface area contributed by atoms with Crippen LogP contribution in [0.3, 0.4) is 0 Å². The molecule has 1 heterocycles. The monoisotopic (exact) mass is 383 g/mol. The van der Waals surface area contributed by atoms with Crippen LogP contribution < -0.4 is 0 Å². The molecule has 4 aromatic carbocycles. The van der Waals surface area contributed by atoms with Crippen molar-refractivity contribution in [3.63, 3.8) is 0 Å². The van der Waals surface area contributed by atoms with Gasteiger partial charge < -0.3 is 4.98 Å². The van der Waals surface area contributed by atoms with Crippen LogP contribution in [0.25, 0.3) is 22.2 Å². The molecule has 1 heteroatoms. The van der Waals surface area contributed by atoms with Gasteiger partial charge in [-0.15, -0.1) is 0 Å². The van der Waals surface area contributed by atoms with Crippen LogP contribution in [0.1, 0.15) is 22.6 Å². The largest absolute Gasteiger partial charge is 0.354 e. The average molecular weight is 383 g/mol. The summed E-state index contributed by atoms with van der Waals surface area (Å²) in [6, 6.07) is 39.8. The van der Waals surface area contributed by atoms with Gasteiger partial charge in [0.05, 0.1) is 11.6 Å². The maximum atomic E-state index is 3.66. The third kappa shape index (κ3) is 3.52. The second kappa shape index (κ2) is 8.15. The van der Waals surface area contributed by atoms with Crippen molar-refractivity contribution < 1.29 is 0 Å². The van der Waals surface area contributed by atoms with Gasteiger partial charge in [0.1, 0.15) is 0 Å². The topological polar surface area (TPSA) is 15.8 Å². The SMILES string of the molecule is C(#CC(c1ccccc1)c1c(-c2ccccc2)[nH]c2ccccc12)c1ccccc1. The van der Waals surface area contributed by atoms with Gasteiger partial charge in [-0.3, -0.25) is 0 Å². The summed E-state index contributed by atoms with van der Waals surface area (Å²) in [5.41, 5.74) is 6.89. The first-order valence-electron chi connectivity index (χ1n) is 10.2. The van der Waals surface area contributed by atoms with Crippen LogP contribution in [0.4, 0.5) is 0 Å². The van der Waals surface area contributed by atoms with Crippen LogP contribution in [0.5, 0.6) is 0 Å². The van der Waals surface area contributed by atoms with Crippen molar-refractivity contribution in [3.8, 4) is 23.1 Å². The fraction of sp³-hybridized carbons (Fsp3) is 0.0345. The Balaban J connectivity index is 1.76. The summed E-state index contributed by atoms with van der Waals surface area (Å²) < 4.78 is 0. The highest BCUT2D eigenvalue weighted by Gasteiger charge is 2.21. The van der Waals surface area contributed by atoms with Crippen LogP contribution in [-0.2, 0) is 0 Å². The Morgan fingerprint density at radius 3 is 1.93 bits per heavy atom. The van der Waals surface area contributed by atoms with E-state index in [9.17, 15) is 0 Å². The molecule has 0 amide bonds. The molecule has 30 heavy (non-hydrogen) atoms. The highest BCUT2D eigenvalue weighted by molar-refractivity contribution is 5.92. The van der Waals surface area contributed by atoms with Crippen LogP contribution >= 0.6 is 0 Å². The zero-order valence-corrected chi connectivity index (χ0v) is 16.5. The van der Waals surface area contributed by atoms with Crippen molar-refractivity contribution in [2.45, 2.75) is 5.92 Å². The van der Waals surface area contributed by atoms with Crippen LogP contribution in [0.2, 0.25) is 0 Å². The number of aromatic amines is 1. The molecule has 142 valence electrons. The standard InChI is InChI=1S/C29H21N/c1-4-12-22(13-5-1)20-21-25(23-14-6-2-7-15-23)28-26-18-10-11-19-27(26)30-29(28)24-16-8-3-9-17-24/h1-19,25,30H. The van der Waals surface area contributed by atoms with Gasteiger partial charge in [0.15, 0.2) is 0 Å². The molecule has 1 unspecified atom stereocenters. The van der Waals surface area contributed by atoms with Crippen LogP contribution in [0, 0.1) is 11.8 Å². The van der Waals surface area contributed by atoms with E-state index in [0.717, 1.165) is 16.8 Å². The van der Waals surface area contributed by atoms with Crippen molar-refractivity contribution in [1.29, 1.82) is 0 Å². The Kier molecular flexibility index (Phi) is 4.90. The van der Waals surface area contributed by atoms with E-state index in [-0.39, 0.29) is 5.92 Å². The Morgan fingerprint density at radius 2 is 1.20 bits per heavy atom. The lowest BCUT2D eigenvalue weighted by Crippen LogP contribution is -2.00. The van der Waals surface area contributed by atoms with Crippen LogP contribution in [0.15, 0.2) is 115 Å². The first-order chi connectivity index (χ1) is 14.9. The van der Waals surface area contributed by atoms with E-state index in [1.54, 1.807) is 0 Å². The average Bonchev–Trinajstić information content (AvgIpc) is 3.21. The highest BCUT2D eigenvalue weighted by Crippen LogP contribution is 2.38. The van der Waals surface area contributed by atoms with E-state index >= 15 is 0 Å². The minimum Gasteiger partial charge on any atom is -0.354 e. The molecule has 1 atom stereocenters. The van der Waals surface area contributed by atoms with Gasteiger partial charge in [-0.1, -0.05) is 109 Å². The summed E-state index contributed by atoms with van der Waals surface area (Å²) in [6.07, 6.45) is 0. The van der Waals surface area contributed by atoms with E-state index in [1.165, 1.54) is 22.1 Å². The lowest BCUT2D eigenvalue weighted by molar-refractivity contribution is 1.08. The normalized spacial score (nSPS) is 11.6. The smallest absolute Gasteiger partial charge is 0.0733 e. The van der Waals surface area contributed by atoms with E-state index < -0.39 is 0 Å². The van der Waals surface area contributed by atoms with Gasteiger partial charge in [-0.05, 0) is 29.3 Å². The number of para-hydroxylation sites is 1. The second-order valence-corrected chi connectivity index (χ2v) is 7.30. The molecule has 1 nitrogen and oxygen atoms in total. The molecule has 5 aromatic rings. The summed E-state index contributed by atoms with van der Waals surface area (Å²) in [5, 5.41) is 1.22. The molecule has 0 aliphatic carbocycles. The summed E-state index contributed by atoms with van der Waals surface area (Å²) in [5.74, 6) is 6.95. The zero-order valence-electron chi connectivity index (χ0n) is 16.5. The summed E-state index contributed by atoms with van der Waals surface area (Å²) >= 11 is 0. The number of aromatic nitrogens is 1. The molecular formula is C29H21N. The number of hydrogen-bond donors (Lipinski definition) is 1. The Morgan fingerprint density at radius 1 is 0.600 bits per heavy atom. The van der Waals surface area contributed by atoms with Crippen molar-refractivity contribution >= 4 is 10.9 Å². The predicted molar refractivity (Wildman–Crippen MR) is 125 cm³/mol. The molecule has 1 aromatic heterocycles. The lowest BCUT2D eigenvalue weighted by Gasteiger charge is -2.14. The minimum absolute atomic E-state index is 0.0437. The molecule has 0 radical (unpaired) electrons. The first-order valence-corrected chi connectivity index (χ1v) is 10.2. The molecule has 0 fully saturated rings. The van der Waals surface area contributed by atoms with Crippen molar-refractivity contribution in [2.24, 2.45) is 0 Å². The predicted octanol–water partition coefficient (Wildman–Crippen LogP) is 7.02. The van der Waals surface area contributed by atoms with Gasteiger partial charge in [0.25, 0.3) is 0 Å². The Labute approximate surface area is 177 Å². The van der Waals surface area contributed by atoms with Gasteiger partial charge >= 0.3 is 0 Å². The molecule has 0 aliphatic rings. The van der Waals surface area contributed by atoms with Crippen LogP contribution in [-0.4, -0.2) is 4.98 Å². The third-order valence-corrected chi connectivity index (χ3v) is 5.36. The maximum absolute atomic E-state index is 3.66. The maximum Gasteiger partial charge on any atom is 0.0733 e. The minimum atomic E-state index is -0.0437. The summed E-state index contributed by atoms with van der Waals surface area (Å²) in [6.45, 7) is 0. The second-order valence-electron chi connectivity index (χ2n) is 7.30. The first kappa shape index (κ1) is 18.0. The third-order valence-electron chi connectivity index (χ3n) is 5.36. The molecule has 0 saturated carbocycles. The van der Waals surface area contributed by atoms with Crippen molar-refractivity contribution in [2.75, 3.05) is 0 Å². The van der Waals surface area contributed by atoms with E-state index in [1.807, 2.05) is 18.2 Å². The van der Waals surface area contributed by atoms with Gasteiger partial charge in [0, 0.05) is 22.0 Å². The molecular weight excluding hydrogens is 362 g/mol. The highest BCUT2D eigenvalue weighted by atomic mass is 14.7. The number of benzene rings is 4. The molecule has 1 N–H and O–H groups in total. The molecule has 5 rings (SSSR count). The summed E-state index contributed by atoms with van der Waals surface area (Å²) in [7, 11) is 0. The molecule has 0 bridgehead atoms. The lowest BCUT2D eigenvalue weighted by atomic mass is 9.88. The van der Waals surface area contributed by atoms with Crippen molar-refractivity contribution in [3.05, 3.63) is 132 Å². The molecule has 0 saturated heterocycles. The van der Waals surface area contributed by atoms with E-state index in [4.69, 9.17) is 0 Å². The van der Waals surface area contributed by atoms with Gasteiger partial charge in [-0.2, -0.15) is 0 Å². The Hall–Kier alpha value is -4.02. The fourth-order valence-electron chi connectivity index (χ4n) is 3.94. The number of fused-ring (bicyclic) bond motifs is 1. The number of hydrogen-bond acceptors (Lipinski definition) is 0. The molecule has 0 spiro atoms. The molecule has 0 aliphatic heterocycles. The number of nitrogens with one attached hydrogen (secondary N) is 1. The quantitative estimate of drug-likeness (QED) is 0.322. The van der Waals surface area contributed by atoms with E-state index in [0.29, 0.717) is 0 Å². The van der Waals surface area contributed by atoms with Crippen molar-refractivity contribution in [1.82, 2.24) is 4.98 Å². The zero-order chi connectivity index (χ0) is 20.2. The summed E-state index contributed by atoms with van der Waals surface area (Å²) in [4.78, 5) is 3.66. The van der Waals surface area contributed by atoms with Gasteiger partial charge in [0.2, 0.25) is 0 Å². The van der Waals surface area contributed by atoms with Gasteiger partial charge in [-0.25, -0.2) is 0 Å². The fourth-order valence-corrected chi connectivity index (χ4v) is 3.94. The van der Waals surface area contributed by atoms with E-state index in [2.05, 4.69) is 114 Å². The number of H-pyrrole nitrogens is 1.